The molecule has 0 unspecified atom stereocenters. The molecule has 0 atom stereocenters. The summed E-state index contributed by atoms with van der Waals surface area (Å²) in [4.78, 5) is 0.0854. The molecule has 112 valence electrons. The molecule has 0 aliphatic carbocycles. The van der Waals surface area contributed by atoms with Gasteiger partial charge in [-0.15, -0.1) is 0 Å². The zero-order chi connectivity index (χ0) is 15.5. The summed E-state index contributed by atoms with van der Waals surface area (Å²) < 4.78 is 31.9. The molecule has 0 heterocycles. The van der Waals surface area contributed by atoms with Gasteiger partial charge in [0, 0.05) is 11.6 Å². The summed E-state index contributed by atoms with van der Waals surface area (Å²) in [5.74, 6) is 0.424. The third-order valence-electron chi connectivity index (χ3n) is 2.81. The molecule has 0 saturated heterocycles. The Balaban J connectivity index is 2.14. The fraction of sp³-hybridized carbons (Fsp3) is 0.143. The van der Waals surface area contributed by atoms with E-state index in [1.54, 1.807) is 24.3 Å². The lowest BCUT2D eigenvalue weighted by molar-refractivity contribution is 0.414. The lowest BCUT2D eigenvalue weighted by Gasteiger charge is -2.09. The lowest BCUT2D eigenvalue weighted by Crippen LogP contribution is -2.23. The molecule has 0 radical (unpaired) electrons. The number of rotatable bonds is 5. The fourth-order valence-electron chi connectivity index (χ4n) is 1.68. The number of nitrogens with one attached hydrogen (secondary N) is 1. The van der Waals surface area contributed by atoms with E-state index >= 15 is 0 Å². The highest BCUT2D eigenvalue weighted by molar-refractivity contribution is 7.89. The Kier molecular flexibility index (Phi) is 5.11. The molecule has 0 saturated carbocycles. The first-order chi connectivity index (χ1) is 9.92. The van der Waals surface area contributed by atoms with Crippen molar-refractivity contribution < 1.29 is 13.2 Å². The van der Waals surface area contributed by atoms with Crippen molar-refractivity contribution in [3.8, 4) is 5.75 Å². The second kappa shape index (κ2) is 6.66. The Labute approximate surface area is 133 Å². The number of methoxy groups -OCH3 is 1. The molecule has 0 amide bonds. The minimum absolute atomic E-state index is 0.0854. The van der Waals surface area contributed by atoms with E-state index in [9.17, 15) is 8.42 Å². The Morgan fingerprint density at radius 1 is 1.10 bits per heavy atom. The van der Waals surface area contributed by atoms with Crippen LogP contribution in [-0.2, 0) is 16.6 Å². The first-order valence-corrected chi connectivity index (χ1v) is 8.24. The highest BCUT2D eigenvalue weighted by Crippen LogP contribution is 2.26. The Morgan fingerprint density at radius 2 is 1.76 bits per heavy atom. The van der Waals surface area contributed by atoms with E-state index in [1.165, 1.54) is 25.3 Å². The van der Waals surface area contributed by atoms with Crippen LogP contribution in [0.1, 0.15) is 5.56 Å². The largest absolute Gasteiger partial charge is 0.495 e. The predicted octanol–water partition coefficient (Wildman–Crippen LogP) is 3.48. The van der Waals surface area contributed by atoms with Crippen LogP contribution >= 0.6 is 23.2 Å². The van der Waals surface area contributed by atoms with Crippen molar-refractivity contribution in [1.29, 1.82) is 0 Å². The first kappa shape index (κ1) is 16.1. The van der Waals surface area contributed by atoms with Crippen LogP contribution in [0.5, 0.6) is 5.75 Å². The molecule has 7 heteroatoms. The quantitative estimate of drug-likeness (QED) is 0.902. The first-order valence-electron chi connectivity index (χ1n) is 6.00. The minimum Gasteiger partial charge on any atom is -0.495 e. The van der Waals surface area contributed by atoms with Gasteiger partial charge < -0.3 is 4.74 Å². The van der Waals surface area contributed by atoms with Gasteiger partial charge >= 0.3 is 0 Å². The number of ether oxygens (including phenoxy) is 1. The van der Waals surface area contributed by atoms with Crippen LogP contribution in [0.15, 0.2) is 47.4 Å². The average Bonchev–Trinajstić information content (AvgIpc) is 2.46. The van der Waals surface area contributed by atoms with Crippen molar-refractivity contribution in [3.63, 3.8) is 0 Å². The zero-order valence-corrected chi connectivity index (χ0v) is 13.5. The lowest BCUT2D eigenvalue weighted by atomic mass is 10.2. The van der Waals surface area contributed by atoms with Gasteiger partial charge in [-0.1, -0.05) is 35.3 Å². The van der Waals surface area contributed by atoms with E-state index in [-0.39, 0.29) is 16.5 Å². The van der Waals surface area contributed by atoms with Gasteiger partial charge in [0.15, 0.2) is 0 Å². The molecular formula is C14H13Cl2NO3S. The number of benzene rings is 2. The maximum absolute atomic E-state index is 12.2. The summed E-state index contributed by atoms with van der Waals surface area (Å²) in [5, 5.41) is 0.843. The van der Waals surface area contributed by atoms with Crippen LogP contribution in [-0.4, -0.2) is 15.5 Å². The second-order valence-electron chi connectivity index (χ2n) is 4.25. The van der Waals surface area contributed by atoms with E-state index in [0.717, 1.165) is 5.56 Å². The molecule has 0 aliphatic rings. The van der Waals surface area contributed by atoms with Crippen LogP contribution < -0.4 is 9.46 Å². The van der Waals surface area contributed by atoms with Crippen LogP contribution in [0.2, 0.25) is 10.0 Å². The van der Waals surface area contributed by atoms with Crippen LogP contribution in [0.3, 0.4) is 0 Å². The molecule has 0 spiro atoms. The highest BCUT2D eigenvalue weighted by atomic mass is 35.5. The molecule has 0 fully saturated rings. The van der Waals surface area contributed by atoms with Gasteiger partial charge in [0.1, 0.15) is 5.75 Å². The third-order valence-corrected chi connectivity index (χ3v) is 4.76. The Morgan fingerprint density at radius 3 is 2.33 bits per heavy atom. The SMILES string of the molecule is COc1ccc(S(=O)(=O)NCc2ccc(Cl)cc2)cc1Cl. The van der Waals surface area contributed by atoms with Gasteiger partial charge in [-0.25, -0.2) is 13.1 Å². The summed E-state index contributed by atoms with van der Waals surface area (Å²) in [6.45, 7) is 0.170. The minimum atomic E-state index is -3.64. The second-order valence-corrected chi connectivity index (χ2v) is 6.86. The van der Waals surface area contributed by atoms with Crippen molar-refractivity contribution in [1.82, 2.24) is 4.72 Å². The van der Waals surface area contributed by atoms with Crippen LogP contribution in [0, 0.1) is 0 Å². The van der Waals surface area contributed by atoms with Gasteiger partial charge in [-0.05, 0) is 35.9 Å². The molecule has 0 aromatic heterocycles. The van der Waals surface area contributed by atoms with E-state index in [0.29, 0.717) is 10.8 Å². The summed E-state index contributed by atoms with van der Waals surface area (Å²) in [6.07, 6.45) is 0. The van der Waals surface area contributed by atoms with Gasteiger partial charge in [-0.2, -0.15) is 0 Å². The van der Waals surface area contributed by atoms with E-state index < -0.39 is 10.0 Å². The summed E-state index contributed by atoms with van der Waals surface area (Å²) in [7, 11) is -2.17. The van der Waals surface area contributed by atoms with Crippen LogP contribution in [0.4, 0.5) is 0 Å². The average molecular weight is 346 g/mol. The molecule has 4 nitrogen and oxygen atoms in total. The summed E-state index contributed by atoms with van der Waals surface area (Å²) >= 11 is 11.7. The molecule has 1 N–H and O–H groups in total. The third kappa shape index (κ3) is 4.11. The standard InChI is InChI=1S/C14H13Cl2NO3S/c1-20-14-7-6-12(8-13(14)16)21(18,19)17-9-10-2-4-11(15)5-3-10/h2-8,17H,9H2,1H3. The molecule has 0 aliphatic heterocycles. The molecule has 2 aromatic rings. The number of hydrogen-bond acceptors (Lipinski definition) is 3. The smallest absolute Gasteiger partial charge is 0.240 e. The van der Waals surface area contributed by atoms with Gasteiger partial charge in [-0.3, -0.25) is 0 Å². The van der Waals surface area contributed by atoms with Crippen molar-refractivity contribution in [2.24, 2.45) is 0 Å². The zero-order valence-electron chi connectivity index (χ0n) is 11.1. The predicted molar refractivity (Wildman–Crippen MR) is 83.5 cm³/mol. The van der Waals surface area contributed by atoms with Crippen molar-refractivity contribution in [2.45, 2.75) is 11.4 Å². The monoisotopic (exact) mass is 345 g/mol. The van der Waals surface area contributed by atoms with Gasteiger partial charge in [0.25, 0.3) is 0 Å². The van der Waals surface area contributed by atoms with Crippen molar-refractivity contribution >= 4 is 33.2 Å². The fourth-order valence-corrected chi connectivity index (χ4v) is 3.17. The number of hydrogen-bond donors (Lipinski definition) is 1. The Bertz CT molecular complexity index is 730. The van der Waals surface area contributed by atoms with E-state index in [4.69, 9.17) is 27.9 Å². The Hall–Kier alpha value is -1.27. The molecule has 21 heavy (non-hydrogen) atoms. The number of sulfonamides is 1. The maximum Gasteiger partial charge on any atom is 0.240 e. The van der Waals surface area contributed by atoms with E-state index in [1.807, 2.05) is 0 Å². The normalized spacial score (nSPS) is 11.4. The molecular weight excluding hydrogens is 333 g/mol. The van der Waals surface area contributed by atoms with Crippen molar-refractivity contribution in [3.05, 3.63) is 58.1 Å². The maximum atomic E-state index is 12.2. The molecule has 2 rings (SSSR count). The van der Waals surface area contributed by atoms with Crippen LogP contribution in [0.25, 0.3) is 0 Å². The topological polar surface area (TPSA) is 55.4 Å². The molecule has 0 bridgehead atoms. The summed E-state index contributed by atoms with van der Waals surface area (Å²) in [6, 6.07) is 11.2. The highest BCUT2D eigenvalue weighted by Gasteiger charge is 2.15. The van der Waals surface area contributed by atoms with E-state index in [2.05, 4.69) is 4.72 Å². The molecule has 2 aromatic carbocycles. The number of halogens is 2. The summed E-state index contributed by atoms with van der Waals surface area (Å²) in [5.41, 5.74) is 0.808. The van der Waals surface area contributed by atoms with Crippen molar-refractivity contribution in [2.75, 3.05) is 7.11 Å². The van der Waals surface area contributed by atoms with Gasteiger partial charge in [0.05, 0.1) is 17.0 Å². The van der Waals surface area contributed by atoms with Gasteiger partial charge in [0.2, 0.25) is 10.0 Å².